The van der Waals surface area contributed by atoms with Gasteiger partial charge < -0.3 is 19.9 Å². The molecule has 1 fully saturated rings. The Kier molecular flexibility index (Phi) is 4.25. The Bertz CT molecular complexity index is 639. The molecule has 0 spiro atoms. The zero-order chi connectivity index (χ0) is 14.6. The number of aliphatic carboxylic acids is 1. The molecular formula is C12H13N4NaO4. The number of carbonyl (C=O) groups excluding carboxylic acids is 2. The largest absolute Gasteiger partial charge is 1.00 e. The first-order valence-corrected chi connectivity index (χ1v) is 6.26. The van der Waals surface area contributed by atoms with Crippen molar-refractivity contribution < 1.29 is 49.4 Å². The molecule has 3 rings (SSSR count). The summed E-state index contributed by atoms with van der Waals surface area (Å²) in [6, 6.07) is -0.346. The third-order valence-electron chi connectivity index (χ3n) is 3.93. The number of hydrogen-bond acceptors (Lipinski definition) is 6. The van der Waals surface area contributed by atoms with Gasteiger partial charge in [0.05, 0.1) is 35.4 Å². The van der Waals surface area contributed by atoms with Crippen molar-refractivity contribution in [1.82, 2.24) is 20.3 Å². The van der Waals surface area contributed by atoms with Crippen LogP contribution in [-0.2, 0) is 9.59 Å². The Hall–Kier alpha value is -1.22. The maximum absolute atomic E-state index is 12.0. The second kappa shape index (κ2) is 5.53. The number of aliphatic hydroxyl groups excluding tert-OH is 1. The number of nitrogens with zero attached hydrogens (tertiary/aromatic N) is 3. The van der Waals surface area contributed by atoms with E-state index in [2.05, 4.69) is 15.4 Å². The molecule has 0 aromatic carbocycles. The van der Waals surface area contributed by atoms with Crippen LogP contribution < -0.4 is 34.7 Å². The first-order valence-electron chi connectivity index (χ1n) is 6.26. The van der Waals surface area contributed by atoms with Crippen molar-refractivity contribution in [3.05, 3.63) is 17.1 Å². The van der Waals surface area contributed by atoms with Crippen LogP contribution in [0.4, 0.5) is 0 Å². The molecule has 0 saturated carbocycles. The van der Waals surface area contributed by atoms with Crippen molar-refractivity contribution in [3.63, 3.8) is 0 Å². The van der Waals surface area contributed by atoms with Crippen molar-refractivity contribution in [1.29, 1.82) is 0 Å². The average molecular weight is 300 g/mol. The van der Waals surface area contributed by atoms with Gasteiger partial charge in [0.1, 0.15) is 5.69 Å². The molecule has 8 nitrogen and oxygen atoms in total. The fourth-order valence-corrected chi connectivity index (χ4v) is 3.04. The number of carbonyl (C=O) groups is 2. The van der Waals surface area contributed by atoms with E-state index in [0.29, 0.717) is 23.4 Å². The number of aryl methyl sites for hydroxylation is 1. The molecule has 2 aliphatic heterocycles. The topological polar surface area (TPSA) is 122 Å². The second-order valence-electron chi connectivity index (χ2n) is 5.12. The monoisotopic (exact) mass is 300 g/mol. The number of aromatic amines is 1. The van der Waals surface area contributed by atoms with Gasteiger partial charge in [-0.15, -0.1) is 0 Å². The molecule has 9 heteroatoms. The van der Waals surface area contributed by atoms with Crippen LogP contribution in [0, 0.1) is 12.8 Å². The quantitative estimate of drug-likeness (QED) is 0.426. The number of amides is 1. The zero-order valence-electron chi connectivity index (χ0n) is 12.0. The van der Waals surface area contributed by atoms with Crippen LogP contribution in [0.1, 0.15) is 24.7 Å². The van der Waals surface area contributed by atoms with Gasteiger partial charge in [0.15, 0.2) is 0 Å². The zero-order valence-corrected chi connectivity index (χ0v) is 14.0. The van der Waals surface area contributed by atoms with E-state index < -0.39 is 18.0 Å². The first kappa shape index (κ1) is 16.2. The average Bonchev–Trinajstić information content (AvgIpc) is 2.89. The smallest absolute Gasteiger partial charge is 0.543 e. The summed E-state index contributed by atoms with van der Waals surface area (Å²) in [5, 5.41) is 31.2. The number of β-lactam (4-membered cyclic amide) rings is 1. The van der Waals surface area contributed by atoms with Crippen LogP contribution in [-0.4, -0.2) is 49.4 Å². The summed E-state index contributed by atoms with van der Waals surface area (Å²) in [7, 11) is 0. The molecule has 1 aromatic rings. The minimum atomic E-state index is -1.41. The van der Waals surface area contributed by atoms with Crippen molar-refractivity contribution in [2.75, 3.05) is 0 Å². The number of fused-ring (bicyclic) bond motifs is 1. The number of nitrogens with one attached hydrogen (secondary N) is 1. The fraction of sp³-hybridized carbons (Fsp3) is 0.500. The number of carboxylic acid groups (broad SMARTS) is 1. The Labute approximate surface area is 142 Å². The van der Waals surface area contributed by atoms with Crippen LogP contribution in [0.3, 0.4) is 0 Å². The van der Waals surface area contributed by atoms with E-state index in [4.69, 9.17) is 0 Å². The van der Waals surface area contributed by atoms with Crippen LogP contribution in [0.25, 0.3) is 5.57 Å². The molecule has 1 saturated heterocycles. The normalized spacial score (nSPS) is 25.3. The van der Waals surface area contributed by atoms with Crippen molar-refractivity contribution in [2.24, 2.45) is 5.92 Å². The van der Waals surface area contributed by atoms with E-state index in [-0.39, 0.29) is 47.2 Å². The third-order valence-corrected chi connectivity index (χ3v) is 3.93. The fourth-order valence-electron chi connectivity index (χ4n) is 3.04. The molecule has 2 N–H and O–H groups in total. The van der Waals surface area contributed by atoms with E-state index in [9.17, 15) is 19.8 Å². The van der Waals surface area contributed by atoms with E-state index in [1.165, 1.54) is 11.8 Å². The maximum atomic E-state index is 12.0. The first-order chi connectivity index (χ1) is 9.43. The van der Waals surface area contributed by atoms with Gasteiger partial charge in [-0.2, -0.15) is 15.4 Å². The Morgan fingerprint density at radius 3 is 2.67 bits per heavy atom. The standard InChI is InChI=1S/C12H14N4O4.Na/c1-4-9(14-15-13-4)6-3-7-8(5(2)17)11(18)16(7)10(6)12(19)20;/h5,7-8,17H,3H2,1-2H3,(H,19,20)(H,13,14,15);/q;+1/p-1/t5-,7-,8-;/m1./s1. The molecule has 21 heavy (non-hydrogen) atoms. The summed E-state index contributed by atoms with van der Waals surface area (Å²) >= 11 is 0. The van der Waals surface area contributed by atoms with E-state index in [1.807, 2.05) is 0 Å². The summed E-state index contributed by atoms with van der Waals surface area (Å²) in [4.78, 5) is 24.5. The van der Waals surface area contributed by atoms with Crippen LogP contribution in [0.5, 0.6) is 0 Å². The predicted octanol–water partition coefficient (Wildman–Crippen LogP) is -4.81. The van der Waals surface area contributed by atoms with Gasteiger partial charge in [-0.3, -0.25) is 4.79 Å². The van der Waals surface area contributed by atoms with Gasteiger partial charge in [0, 0.05) is 5.57 Å². The molecule has 0 aliphatic carbocycles. The number of H-pyrrole nitrogens is 1. The summed E-state index contributed by atoms with van der Waals surface area (Å²) in [6.45, 7) is 3.22. The molecule has 1 aromatic heterocycles. The molecule has 3 atom stereocenters. The molecule has 0 radical (unpaired) electrons. The van der Waals surface area contributed by atoms with Crippen molar-refractivity contribution in [3.8, 4) is 0 Å². The van der Waals surface area contributed by atoms with E-state index in [0.717, 1.165) is 0 Å². The van der Waals surface area contributed by atoms with Gasteiger partial charge >= 0.3 is 29.6 Å². The number of aromatic nitrogens is 3. The van der Waals surface area contributed by atoms with Gasteiger partial charge in [-0.1, -0.05) is 0 Å². The van der Waals surface area contributed by atoms with Crippen LogP contribution in [0.15, 0.2) is 5.70 Å². The number of hydrogen-bond donors (Lipinski definition) is 2. The number of rotatable bonds is 3. The Morgan fingerprint density at radius 1 is 1.52 bits per heavy atom. The SMILES string of the molecule is Cc1n[nH]nc1C1=C(C(=O)[O-])N2C(=O)[C@H]([C@@H](C)O)[C@H]2C1.[Na+]. The molecular weight excluding hydrogens is 287 g/mol. The summed E-state index contributed by atoms with van der Waals surface area (Å²) in [5.74, 6) is -2.38. The van der Waals surface area contributed by atoms with Crippen LogP contribution >= 0.6 is 0 Å². The predicted molar refractivity (Wildman–Crippen MR) is 63.5 cm³/mol. The van der Waals surface area contributed by atoms with Gasteiger partial charge in [0.2, 0.25) is 5.91 Å². The van der Waals surface area contributed by atoms with E-state index >= 15 is 0 Å². The summed E-state index contributed by atoms with van der Waals surface area (Å²) < 4.78 is 0. The van der Waals surface area contributed by atoms with Gasteiger partial charge in [-0.05, 0) is 20.3 Å². The molecule has 1 amide bonds. The van der Waals surface area contributed by atoms with E-state index in [1.54, 1.807) is 6.92 Å². The minimum Gasteiger partial charge on any atom is -0.543 e. The number of aliphatic hydroxyl groups is 1. The van der Waals surface area contributed by atoms with Gasteiger partial charge in [0.25, 0.3) is 0 Å². The van der Waals surface area contributed by atoms with Gasteiger partial charge in [-0.25, -0.2) is 0 Å². The van der Waals surface area contributed by atoms with Crippen molar-refractivity contribution >= 4 is 17.4 Å². The summed E-state index contributed by atoms with van der Waals surface area (Å²) in [5.41, 5.74) is 1.25. The molecule has 0 unspecified atom stereocenters. The molecule has 3 heterocycles. The third kappa shape index (κ3) is 2.22. The summed E-state index contributed by atoms with van der Waals surface area (Å²) in [6.07, 6.45) is -0.484. The number of carboxylic acids is 1. The van der Waals surface area contributed by atoms with Crippen molar-refractivity contribution in [2.45, 2.75) is 32.4 Å². The minimum absolute atomic E-state index is 0. The maximum Gasteiger partial charge on any atom is 1.00 e. The molecule has 2 aliphatic rings. The molecule has 0 bridgehead atoms. The molecule has 106 valence electrons. The Morgan fingerprint density at radius 2 is 2.19 bits per heavy atom. The second-order valence-corrected chi connectivity index (χ2v) is 5.12. The Balaban J connectivity index is 0.00000161. The van der Waals surface area contributed by atoms with Crippen LogP contribution in [0.2, 0.25) is 0 Å².